The van der Waals surface area contributed by atoms with Crippen LogP contribution >= 0.6 is 11.3 Å². The van der Waals surface area contributed by atoms with E-state index in [0.29, 0.717) is 31.0 Å². The van der Waals surface area contributed by atoms with Crippen LogP contribution in [0.15, 0.2) is 11.7 Å². The second-order valence-corrected chi connectivity index (χ2v) is 7.03. The minimum atomic E-state index is -0.0373. The average Bonchev–Trinajstić information content (AvgIpc) is 3.24. The summed E-state index contributed by atoms with van der Waals surface area (Å²) in [5.74, 6) is 1.21. The molecule has 0 spiro atoms. The number of aromatic nitrogens is 4. The Hall–Kier alpha value is -1.80. The van der Waals surface area contributed by atoms with Gasteiger partial charge in [0.2, 0.25) is 5.91 Å². The molecule has 0 bridgehead atoms. The second kappa shape index (κ2) is 8.34. The van der Waals surface area contributed by atoms with E-state index < -0.39 is 0 Å². The van der Waals surface area contributed by atoms with Crippen molar-refractivity contribution in [2.75, 3.05) is 13.2 Å². The Morgan fingerprint density at radius 2 is 2.33 bits per heavy atom. The van der Waals surface area contributed by atoms with E-state index in [0.717, 1.165) is 17.1 Å². The number of hydrogen-bond donors (Lipinski definition) is 2. The third-order valence-corrected chi connectivity index (χ3v) is 5.20. The number of hydrogen-bond acceptors (Lipinski definition) is 6. The number of rotatable bonds is 7. The van der Waals surface area contributed by atoms with E-state index in [1.807, 2.05) is 5.38 Å². The Morgan fingerprint density at radius 1 is 1.46 bits per heavy atom. The molecule has 1 saturated carbocycles. The Bertz CT molecular complexity index is 643. The van der Waals surface area contributed by atoms with Crippen LogP contribution in [-0.4, -0.2) is 45.3 Å². The molecule has 0 aromatic carbocycles. The highest BCUT2D eigenvalue weighted by molar-refractivity contribution is 7.13. The van der Waals surface area contributed by atoms with E-state index in [2.05, 4.69) is 32.4 Å². The number of carbonyl (C=O) groups excluding carboxylic acids is 1. The minimum Gasteiger partial charge on any atom is -0.376 e. The van der Waals surface area contributed by atoms with E-state index in [1.54, 1.807) is 0 Å². The van der Waals surface area contributed by atoms with Crippen LogP contribution in [-0.2, 0) is 16.0 Å². The molecule has 1 aliphatic carbocycles. The fourth-order valence-electron chi connectivity index (χ4n) is 2.96. The third kappa shape index (κ3) is 4.61. The zero-order valence-corrected chi connectivity index (χ0v) is 14.6. The van der Waals surface area contributed by atoms with E-state index in [1.165, 1.54) is 36.9 Å². The van der Waals surface area contributed by atoms with Crippen molar-refractivity contribution < 1.29 is 9.53 Å². The zero-order valence-electron chi connectivity index (χ0n) is 13.8. The standard InChI is InChI=1S/C16H23N5O2S/c1-11-4-2-3-5-13(11)23-7-6-17-14(22)8-12-9-24-16(20-12)15-18-10-19-21-15/h9-11,13H,2-8H2,1H3,(H,17,22)(H,18,19,21)/t11-,13-/m0/s1. The van der Waals surface area contributed by atoms with Crippen LogP contribution in [0.4, 0.5) is 0 Å². The maximum absolute atomic E-state index is 12.0. The summed E-state index contributed by atoms with van der Waals surface area (Å²) in [5, 5.41) is 12.1. The molecule has 2 heterocycles. The molecule has 1 fully saturated rings. The predicted molar refractivity (Wildman–Crippen MR) is 91.6 cm³/mol. The van der Waals surface area contributed by atoms with Crippen molar-refractivity contribution in [3.05, 3.63) is 17.4 Å². The minimum absolute atomic E-state index is 0.0373. The first-order valence-electron chi connectivity index (χ1n) is 8.41. The van der Waals surface area contributed by atoms with Crippen LogP contribution in [0.5, 0.6) is 0 Å². The van der Waals surface area contributed by atoms with Gasteiger partial charge in [-0.3, -0.25) is 9.89 Å². The summed E-state index contributed by atoms with van der Waals surface area (Å²) in [6, 6.07) is 0. The SMILES string of the molecule is C[C@H]1CCCC[C@@H]1OCCNC(=O)Cc1csc(-c2ncn[nH]2)n1. The molecule has 0 aliphatic heterocycles. The first-order valence-corrected chi connectivity index (χ1v) is 9.29. The number of carbonyl (C=O) groups is 1. The molecule has 8 heteroatoms. The summed E-state index contributed by atoms with van der Waals surface area (Å²) in [6.07, 6.45) is 6.99. The van der Waals surface area contributed by atoms with Crippen LogP contribution < -0.4 is 5.32 Å². The molecular weight excluding hydrogens is 326 g/mol. The molecule has 1 aliphatic rings. The smallest absolute Gasteiger partial charge is 0.226 e. The lowest BCUT2D eigenvalue weighted by Gasteiger charge is -2.28. The van der Waals surface area contributed by atoms with Gasteiger partial charge in [-0.25, -0.2) is 9.97 Å². The number of nitrogens with zero attached hydrogens (tertiary/aromatic N) is 3. The van der Waals surface area contributed by atoms with Gasteiger partial charge in [-0.1, -0.05) is 19.8 Å². The molecule has 3 rings (SSSR count). The Balaban J connectivity index is 1.37. The number of aromatic amines is 1. The molecule has 2 aromatic rings. The summed E-state index contributed by atoms with van der Waals surface area (Å²) in [6.45, 7) is 3.36. The van der Waals surface area contributed by atoms with Crippen molar-refractivity contribution in [2.24, 2.45) is 5.92 Å². The Morgan fingerprint density at radius 3 is 3.12 bits per heavy atom. The summed E-state index contributed by atoms with van der Waals surface area (Å²) in [7, 11) is 0. The maximum atomic E-state index is 12.0. The van der Waals surface area contributed by atoms with Gasteiger partial charge in [0.05, 0.1) is 24.8 Å². The predicted octanol–water partition coefficient (Wildman–Crippen LogP) is 2.18. The largest absolute Gasteiger partial charge is 0.376 e. The Labute approximate surface area is 145 Å². The van der Waals surface area contributed by atoms with Gasteiger partial charge in [0.25, 0.3) is 0 Å². The number of thiazole rings is 1. The number of ether oxygens (including phenoxy) is 1. The first-order chi connectivity index (χ1) is 11.7. The van der Waals surface area contributed by atoms with Gasteiger partial charge in [0.15, 0.2) is 10.8 Å². The molecule has 0 unspecified atom stereocenters. The second-order valence-electron chi connectivity index (χ2n) is 6.18. The lowest BCUT2D eigenvalue weighted by Crippen LogP contribution is -2.32. The lowest BCUT2D eigenvalue weighted by molar-refractivity contribution is -0.121. The Kier molecular flexibility index (Phi) is 5.92. The van der Waals surface area contributed by atoms with E-state index in [-0.39, 0.29) is 12.3 Å². The van der Waals surface area contributed by atoms with Crippen LogP contribution in [0.2, 0.25) is 0 Å². The summed E-state index contributed by atoms with van der Waals surface area (Å²) < 4.78 is 5.90. The van der Waals surface area contributed by atoms with Gasteiger partial charge in [0.1, 0.15) is 6.33 Å². The molecule has 0 radical (unpaired) electrons. The molecule has 2 atom stereocenters. The first kappa shape index (κ1) is 17.0. The lowest BCUT2D eigenvalue weighted by atomic mass is 9.88. The molecule has 130 valence electrons. The van der Waals surface area contributed by atoms with Crippen LogP contribution in [0, 0.1) is 5.92 Å². The van der Waals surface area contributed by atoms with Crippen LogP contribution in [0.25, 0.3) is 10.8 Å². The van der Waals surface area contributed by atoms with Crippen molar-refractivity contribution in [3.8, 4) is 10.8 Å². The topological polar surface area (TPSA) is 92.8 Å². The van der Waals surface area contributed by atoms with Crippen molar-refractivity contribution in [1.82, 2.24) is 25.5 Å². The quantitative estimate of drug-likeness (QED) is 0.748. The average molecular weight is 349 g/mol. The van der Waals surface area contributed by atoms with Gasteiger partial charge in [-0.15, -0.1) is 11.3 Å². The highest BCUT2D eigenvalue weighted by Crippen LogP contribution is 2.26. The van der Waals surface area contributed by atoms with Gasteiger partial charge in [0, 0.05) is 11.9 Å². The van der Waals surface area contributed by atoms with E-state index >= 15 is 0 Å². The van der Waals surface area contributed by atoms with E-state index in [9.17, 15) is 4.79 Å². The number of H-pyrrole nitrogens is 1. The highest BCUT2D eigenvalue weighted by atomic mass is 32.1. The van der Waals surface area contributed by atoms with Crippen molar-refractivity contribution >= 4 is 17.2 Å². The summed E-state index contributed by atoms with van der Waals surface area (Å²) in [5.41, 5.74) is 0.741. The summed E-state index contributed by atoms with van der Waals surface area (Å²) >= 11 is 1.45. The summed E-state index contributed by atoms with van der Waals surface area (Å²) in [4.78, 5) is 20.4. The van der Waals surface area contributed by atoms with Gasteiger partial charge in [-0.05, 0) is 18.8 Å². The zero-order chi connectivity index (χ0) is 16.8. The molecule has 0 saturated heterocycles. The molecule has 24 heavy (non-hydrogen) atoms. The van der Waals surface area contributed by atoms with Gasteiger partial charge in [-0.2, -0.15) is 5.10 Å². The fourth-order valence-corrected chi connectivity index (χ4v) is 3.73. The van der Waals surface area contributed by atoms with Crippen molar-refractivity contribution in [3.63, 3.8) is 0 Å². The molecule has 1 amide bonds. The fraction of sp³-hybridized carbons (Fsp3) is 0.625. The number of nitrogens with one attached hydrogen (secondary N) is 2. The van der Waals surface area contributed by atoms with Crippen molar-refractivity contribution in [2.45, 2.75) is 45.1 Å². The molecule has 2 aromatic heterocycles. The van der Waals surface area contributed by atoms with Crippen LogP contribution in [0.1, 0.15) is 38.3 Å². The number of amides is 1. The van der Waals surface area contributed by atoms with Gasteiger partial charge >= 0.3 is 0 Å². The third-order valence-electron chi connectivity index (χ3n) is 4.30. The molecule has 2 N–H and O–H groups in total. The van der Waals surface area contributed by atoms with Crippen LogP contribution in [0.3, 0.4) is 0 Å². The monoisotopic (exact) mass is 349 g/mol. The van der Waals surface area contributed by atoms with Gasteiger partial charge < -0.3 is 10.1 Å². The van der Waals surface area contributed by atoms with E-state index in [4.69, 9.17) is 4.74 Å². The molecular formula is C16H23N5O2S. The molecule has 7 nitrogen and oxygen atoms in total. The van der Waals surface area contributed by atoms with Crippen molar-refractivity contribution in [1.29, 1.82) is 0 Å². The highest BCUT2D eigenvalue weighted by Gasteiger charge is 2.21. The maximum Gasteiger partial charge on any atom is 0.226 e. The normalized spacial score (nSPS) is 20.9.